The van der Waals surface area contributed by atoms with Crippen LogP contribution in [0.2, 0.25) is 0 Å². The van der Waals surface area contributed by atoms with Crippen LogP contribution in [0.4, 0.5) is 0 Å². The number of phosphoric ester groups is 1. The van der Waals surface area contributed by atoms with E-state index in [1.165, 1.54) is 6.92 Å². The minimum absolute atomic E-state index is 0. The zero-order chi connectivity index (χ0) is 5.91. The van der Waals surface area contributed by atoms with E-state index < -0.39 is 7.82 Å². The Morgan fingerprint density at radius 1 is 1.50 bits per heavy atom. The van der Waals surface area contributed by atoms with Crippen LogP contribution in [0.5, 0.6) is 0 Å². The van der Waals surface area contributed by atoms with Gasteiger partial charge in [0, 0.05) is 0 Å². The molecule has 0 aromatic heterocycles. The van der Waals surface area contributed by atoms with Gasteiger partial charge in [-0.1, -0.05) is 0 Å². The van der Waals surface area contributed by atoms with E-state index >= 15 is 0 Å². The van der Waals surface area contributed by atoms with Crippen molar-refractivity contribution < 1.29 is 30.1 Å². The molecule has 0 aromatic carbocycles. The molecule has 8 heteroatoms. The smallest absolute Gasteiger partial charge is 1.00 e. The Kier molecular flexibility index (Phi) is 26.6. The third-order valence-electron chi connectivity index (χ3n) is 0.297. The summed E-state index contributed by atoms with van der Waals surface area (Å²) in [5.74, 6) is 0. The summed E-state index contributed by atoms with van der Waals surface area (Å²) >= 11 is 0. The van der Waals surface area contributed by atoms with Crippen LogP contribution in [0, 0.1) is 0 Å². The van der Waals surface area contributed by atoms with Crippen molar-refractivity contribution in [3.05, 3.63) is 0 Å². The molecule has 0 radical (unpaired) electrons. The molecule has 0 saturated carbocycles. The van der Waals surface area contributed by atoms with E-state index in [9.17, 15) is 4.57 Å². The minimum Gasteiger partial charge on any atom is -1.00 e. The molecule has 0 rings (SSSR count). The molecule has 60 valence electrons. The normalized spacial score (nSPS) is 8.30. The van der Waals surface area contributed by atoms with Gasteiger partial charge in [0.15, 0.2) is 0 Å². The van der Waals surface area contributed by atoms with Crippen molar-refractivity contribution in [3.8, 4) is 0 Å². The summed E-state index contributed by atoms with van der Waals surface area (Å²) in [5.41, 5.74) is 0. The molecule has 0 aliphatic heterocycles. The van der Waals surface area contributed by atoms with Gasteiger partial charge >= 0.3 is 83.3 Å². The summed E-state index contributed by atoms with van der Waals surface area (Å²) in [7, 11) is -4.17. The van der Waals surface area contributed by atoms with Crippen molar-refractivity contribution >= 4 is 83.3 Å². The third kappa shape index (κ3) is 22.4. The largest absolute Gasteiger partial charge is 2.00 e. The molecule has 0 spiro atoms. The number of phosphoric acid groups is 1. The number of hydrogen-bond donors (Lipinski definition) is 2. The van der Waals surface area contributed by atoms with Gasteiger partial charge in [0.05, 0.1) is 6.61 Å². The summed E-state index contributed by atoms with van der Waals surface area (Å²) in [6, 6.07) is 0. The van der Waals surface area contributed by atoms with Crippen LogP contribution in [-0.2, 0) is 9.09 Å². The SMILES string of the molecule is CCOP(=O)(O)O.O.[Ca+2].[Ca+2].[H-].[H-].[H-].[H-]. The van der Waals surface area contributed by atoms with Crippen molar-refractivity contribution in [2.24, 2.45) is 0 Å². The Morgan fingerprint density at radius 3 is 1.80 bits per heavy atom. The van der Waals surface area contributed by atoms with Crippen molar-refractivity contribution in [1.82, 2.24) is 0 Å². The first-order chi connectivity index (χ1) is 3.06. The van der Waals surface area contributed by atoms with Gasteiger partial charge in [-0.15, -0.1) is 0 Å². The van der Waals surface area contributed by atoms with Crippen LogP contribution >= 0.6 is 7.82 Å². The summed E-state index contributed by atoms with van der Waals surface area (Å²) in [4.78, 5) is 15.8. The molecule has 0 atom stereocenters. The van der Waals surface area contributed by atoms with Gasteiger partial charge < -0.3 is 21.0 Å². The average Bonchev–Trinajstić information content (AvgIpc) is 1.30. The molecular formula is C2H13Ca2O5P. The van der Waals surface area contributed by atoms with Crippen LogP contribution in [-0.4, -0.2) is 97.3 Å². The second-order valence-electron chi connectivity index (χ2n) is 0.908. The first-order valence-corrected chi connectivity index (χ1v) is 3.29. The fraction of sp³-hybridized carbons (Fsp3) is 1.00. The molecule has 0 heterocycles. The maximum Gasteiger partial charge on any atom is 2.00 e. The molecule has 4 N–H and O–H groups in total. The Bertz CT molecular complexity index is 104. The molecular weight excluding hydrogens is 215 g/mol. The van der Waals surface area contributed by atoms with Crippen molar-refractivity contribution in [1.29, 1.82) is 0 Å². The van der Waals surface area contributed by atoms with Crippen LogP contribution in [0.15, 0.2) is 0 Å². The first-order valence-electron chi connectivity index (χ1n) is 1.76. The molecule has 0 aliphatic rings. The molecule has 0 aromatic rings. The number of hydrogen-bond acceptors (Lipinski definition) is 2. The monoisotopic (exact) mass is 228 g/mol. The van der Waals surface area contributed by atoms with E-state index in [1.807, 2.05) is 0 Å². The van der Waals surface area contributed by atoms with E-state index in [4.69, 9.17) is 9.79 Å². The van der Waals surface area contributed by atoms with Crippen LogP contribution in [0.1, 0.15) is 12.6 Å². The molecule has 0 amide bonds. The van der Waals surface area contributed by atoms with Crippen LogP contribution in [0.3, 0.4) is 0 Å². The molecule has 0 saturated heterocycles. The van der Waals surface area contributed by atoms with Crippen molar-refractivity contribution in [3.63, 3.8) is 0 Å². The van der Waals surface area contributed by atoms with E-state index in [0.717, 1.165) is 0 Å². The van der Waals surface area contributed by atoms with Gasteiger partial charge in [-0.2, -0.15) is 0 Å². The van der Waals surface area contributed by atoms with Gasteiger partial charge in [-0.05, 0) is 6.92 Å². The third-order valence-corrected chi connectivity index (χ3v) is 0.892. The Balaban J connectivity index is -0.00000000857. The van der Waals surface area contributed by atoms with E-state index in [-0.39, 0.29) is 93.3 Å². The standard InChI is InChI=1S/C2H7O4P.2Ca.H2O.4H/c1-2-6-7(3,4)5;;;;;;;/h2H2,1H3,(H2,3,4,5);;;1H2;;;;/q;2*+2;;4*-1. The number of rotatable bonds is 2. The summed E-state index contributed by atoms with van der Waals surface area (Å²) in [5, 5.41) is 0. The molecule has 10 heavy (non-hydrogen) atoms. The van der Waals surface area contributed by atoms with E-state index in [0.29, 0.717) is 0 Å². The maximum absolute atomic E-state index is 9.70. The molecule has 0 bridgehead atoms. The Hall–Kier alpha value is 2.59. The summed E-state index contributed by atoms with van der Waals surface area (Å²) in [6.45, 7) is 1.56. The predicted octanol–water partition coefficient (Wildman–Crippen LogP) is -1.02. The topological polar surface area (TPSA) is 98.3 Å². The van der Waals surface area contributed by atoms with Crippen LogP contribution < -0.4 is 0 Å². The second-order valence-corrected chi connectivity index (χ2v) is 2.15. The van der Waals surface area contributed by atoms with Crippen molar-refractivity contribution in [2.45, 2.75) is 6.92 Å². The Morgan fingerprint density at radius 2 is 1.80 bits per heavy atom. The summed E-state index contributed by atoms with van der Waals surface area (Å²) < 4.78 is 13.6. The van der Waals surface area contributed by atoms with Crippen LogP contribution in [0.25, 0.3) is 0 Å². The Labute approximate surface area is 125 Å². The minimum atomic E-state index is -4.17. The van der Waals surface area contributed by atoms with E-state index in [2.05, 4.69) is 4.52 Å². The summed E-state index contributed by atoms with van der Waals surface area (Å²) in [6.07, 6.45) is 0. The fourth-order valence-electron chi connectivity index (χ4n) is 0.168. The average molecular weight is 228 g/mol. The zero-order valence-electron chi connectivity index (χ0n) is 9.78. The first kappa shape index (κ1) is 22.9. The second kappa shape index (κ2) is 11.6. The molecule has 0 unspecified atom stereocenters. The van der Waals surface area contributed by atoms with Gasteiger partial charge in [0.25, 0.3) is 0 Å². The fourth-order valence-corrected chi connectivity index (χ4v) is 0.505. The van der Waals surface area contributed by atoms with Gasteiger partial charge in [-0.25, -0.2) is 4.57 Å². The predicted molar refractivity (Wildman–Crippen MR) is 43.2 cm³/mol. The maximum atomic E-state index is 9.70. The zero-order valence-corrected chi connectivity index (χ0v) is 11.1. The van der Waals surface area contributed by atoms with Crippen molar-refractivity contribution in [2.75, 3.05) is 6.61 Å². The van der Waals surface area contributed by atoms with Gasteiger partial charge in [0.2, 0.25) is 0 Å². The van der Waals surface area contributed by atoms with Gasteiger partial charge in [-0.3, -0.25) is 4.52 Å². The molecule has 5 nitrogen and oxygen atoms in total. The quantitative estimate of drug-likeness (QED) is 0.467. The molecule has 0 aliphatic carbocycles. The van der Waals surface area contributed by atoms with E-state index in [1.54, 1.807) is 0 Å². The van der Waals surface area contributed by atoms with Gasteiger partial charge in [0.1, 0.15) is 0 Å². The molecule has 0 fully saturated rings.